The Bertz CT molecular complexity index is 756. The van der Waals surface area contributed by atoms with Gasteiger partial charge in [-0.05, 0) is 37.2 Å². The number of carboxylic acid groups (broad SMARTS) is 1. The molecule has 0 spiro atoms. The number of rotatable bonds is 9. The van der Waals surface area contributed by atoms with Gasteiger partial charge in [-0.3, -0.25) is 9.59 Å². The Hall–Kier alpha value is -1.93. The molecule has 1 aromatic carbocycles. The maximum Gasteiger partial charge on any atom is 0.321 e. The van der Waals surface area contributed by atoms with E-state index in [1.807, 2.05) is 18.7 Å². The fourth-order valence-electron chi connectivity index (χ4n) is 3.49. The normalized spacial score (nSPS) is 16.9. The number of carbonyl (C=O) groups excluding carboxylic acids is 1. The van der Waals surface area contributed by atoms with Crippen molar-refractivity contribution in [3.63, 3.8) is 0 Å². The number of carboxylic acids is 1. The molecule has 0 aromatic heterocycles. The fraction of sp³-hybridized carbons (Fsp3) is 0.600. The Balaban J connectivity index is 1.85. The zero-order chi connectivity index (χ0) is 20.7. The molecule has 1 amide bonds. The smallest absolute Gasteiger partial charge is 0.321 e. The third-order valence-corrected chi connectivity index (χ3v) is 6.46. The number of hydrogen-bond donors (Lipinski definition) is 2. The van der Waals surface area contributed by atoms with Crippen molar-refractivity contribution in [1.29, 1.82) is 0 Å². The van der Waals surface area contributed by atoms with Gasteiger partial charge in [-0.25, -0.2) is 13.1 Å². The first kappa shape index (κ1) is 22.4. The second-order valence-corrected chi connectivity index (χ2v) is 9.51. The lowest BCUT2D eigenvalue weighted by molar-refractivity contribution is -0.139. The Morgan fingerprint density at radius 2 is 1.79 bits per heavy atom. The van der Waals surface area contributed by atoms with Crippen molar-refractivity contribution in [2.24, 2.45) is 11.8 Å². The van der Waals surface area contributed by atoms with E-state index in [9.17, 15) is 23.1 Å². The predicted molar refractivity (Wildman–Crippen MR) is 107 cm³/mol. The molecule has 1 atom stereocenters. The van der Waals surface area contributed by atoms with Gasteiger partial charge < -0.3 is 10.0 Å². The van der Waals surface area contributed by atoms with Crippen LogP contribution < -0.4 is 4.72 Å². The van der Waals surface area contributed by atoms with Gasteiger partial charge in [0.05, 0.1) is 5.75 Å². The van der Waals surface area contributed by atoms with Crippen molar-refractivity contribution in [1.82, 2.24) is 9.62 Å². The van der Waals surface area contributed by atoms with Gasteiger partial charge in [0.1, 0.15) is 6.04 Å². The third-order valence-electron chi connectivity index (χ3n) is 5.10. The molecular formula is C20H30N2O5S. The summed E-state index contributed by atoms with van der Waals surface area (Å²) in [7, 11) is -3.75. The number of aliphatic carboxylic acids is 1. The van der Waals surface area contributed by atoms with Crippen LogP contribution in [0.3, 0.4) is 0 Å². The van der Waals surface area contributed by atoms with Gasteiger partial charge in [0.25, 0.3) is 0 Å². The van der Waals surface area contributed by atoms with E-state index in [1.54, 1.807) is 30.3 Å². The van der Waals surface area contributed by atoms with E-state index in [2.05, 4.69) is 4.72 Å². The molecule has 0 aliphatic carbocycles. The Kier molecular flexibility index (Phi) is 8.00. The molecular weight excluding hydrogens is 380 g/mol. The van der Waals surface area contributed by atoms with Crippen LogP contribution in [-0.2, 0) is 25.4 Å². The van der Waals surface area contributed by atoms with Crippen molar-refractivity contribution >= 4 is 21.9 Å². The lowest BCUT2D eigenvalue weighted by atomic mass is 9.90. The van der Waals surface area contributed by atoms with Gasteiger partial charge in [0.2, 0.25) is 15.9 Å². The number of hydrogen-bond acceptors (Lipinski definition) is 4. The van der Waals surface area contributed by atoms with E-state index in [0.29, 0.717) is 31.0 Å². The first-order valence-electron chi connectivity index (χ1n) is 9.73. The van der Waals surface area contributed by atoms with Crippen molar-refractivity contribution in [3.8, 4) is 0 Å². The number of sulfonamides is 1. The molecule has 1 aliphatic rings. The minimum atomic E-state index is -3.75. The average Bonchev–Trinajstić information content (AvgIpc) is 2.65. The van der Waals surface area contributed by atoms with Crippen LogP contribution in [0, 0.1) is 11.8 Å². The molecule has 2 rings (SSSR count). The number of carbonyl (C=O) groups is 2. The summed E-state index contributed by atoms with van der Waals surface area (Å²) >= 11 is 0. The third kappa shape index (κ3) is 6.91. The molecule has 0 saturated carbocycles. The number of piperidine rings is 1. The summed E-state index contributed by atoms with van der Waals surface area (Å²) < 4.78 is 27.0. The molecule has 1 aliphatic heterocycles. The summed E-state index contributed by atoms with van der Waals surface area (Å²) in [6.45, 7) is 5.12. The van der Waals surface area contributed by atoms with E-state index in [-0.39, 0.29) is 24.0 Å². The lowest BCUT2D eigenvalue weighted by Gasteiger charge is -2.33. The van der Waals surface area contributed by atoms with Crippen LogP contribution in [0.1, 0.15) is 45.1 Å². The molecule has 0 bridgehead atoms. The van der Waals surface area contributed by atoms with E-state index >= 15 is 0 Å². The highest BCUT2D eigenvalue weighted by Crippen LogP contribution is 2.24. The molecule has 1 heterocycles. The molecule has 28 heavy (non-hydrogen) atoms. The lowest BCUT2D eigenvalue weighted by Crippen LogP contribution is -2.43. The summed E-state index contributed by atoms with van der Waals surface area (Å²) in [4.78, 5) is 25.4. The molecule has 2 N–H and O–H groups in total. The van der Waals surface area contributed by atoms with Gasteiger partial charge in [0, 0.05) is 19.0 Å². The van der Waals surface area contributed by atoms with Crippen LogP contribution in [0.25, 0.3) is 0 Å². The van der Waals surface area contributed by atoms with Crippen LogP contribution in [0.2, 0.25) is 0 Å². The van der Waals surface area contributed by atoms with Crippen molar-refractivity contribution in [3.05, 3.63) is 35.9 Å². The summed E-state index contributed by atoms with van der Waals surface area (Å²) in [6, 6.07) is 7.54. The maximum absolute atomic E-state index is 12.3. The summed E-state index contributed by atoms with van der Waals surface area (Å²) in [5.74, 6) is -0.976. The molecule has 0 radical (unpaired) electrons. The fourth-order valence-corrected chi connectivity index (χ4v) is 4.86. The first-order chi connectivity index (χ1) is 13.2. The van der Waals surface area contributed by atoms with Crippen LogP contribution >= 0.6 is 0 Å². The summed E-state index contributed by atoms with van der Waals surface area (Å²) in [5.41, 5.74) is 0.612. The number of likely N-dealkylation sites (tertiary alicyclic amines) is 1. The average molecular weight is 411 g/mol. The number of benzene rings is 1. The Labute approximate surface area is 167 Å². The van der Waals surface area contributed by atoms with Gasteiger partial charge in [-0.2, -0.15) is 0 Å². The first-order valence-corrected chi connectivity index (χ1v) is 11.4. The molecule has 8 heteroatoms. The molecule has 1 aromatic rings. The standard InChI is InChI=1S/C20H30N2O5S/c1-15(2)19(23)22-12-10-16(11-13-22)8-9-18(20(24)25)21-28(26,27)14-17-6-4-3-5-7-17/h3-7,15-16,18,21H,8-14H2,1-2H3,(H,24,25). The van der Waals surface area contributed by atoms with Gasteiger partial charge in [-0.1, -0.05) is 44.2 Å². The van der Waals surface area contributed by atoms with E-state index < -0.39 is 22.0 Å². The van der Waals surface area contributed by atoms with Crippen LogP contribution in [0.5, 0.6) is 0 Å². The van der Waals surface area contributed by atoms with Crippen molar-refractivity contribution < 1.29 is 23.1 Å². The van der Waals surface area contributed by atoms with Crippen LogP contribution in [-0.4, -0.2) is 49.4 Å². The number of nitrogens with zero attached hydrogens (tertiary/aromatic N) is 1. The molecule has 156 valence electrons. The highest BCUT2D eigenvalue weighted by molar-refractivity contribution is 7.88. The topological polar surface area (TPSA) is 104 Å². The zero-order valence-electron chi connectivity index (χ0n) is 16.5. The highest BCUT2D eigenvalue weighted by Gasteiger charge is 2.28. The monoisotopic (exact) mass is 410 g/mol. The molecule has 1 unspecified atom stereocenters. The largest absolute Gasteiger partial charge is 0.480 e. The summed E-state index contributed by atoms with van der Waals surface area (Å²) in [5, 5.41) is 9.43. The number of amides is 1. The number of nitrogens with one attached hydrogen (secondary N) is 1. The molecule has 7 nitrogen and oxygen atoms in total. The minimum absolute atomic E-state index is 0.0213. The van der Waals surface area contributed by atoms with Gasteiger partial charge in [-0.15, -0.1) is 0 Å². The van der Waals surface area contributed by atoms with Crippen LogP contribution in [0.4, 0.5) is 0 Å². The van der Waals surface area contributed by atoms with Gasteiger partial charge >= 0.3 is 5.97 Å². The SMILES string of the molecule is CC(C)C(=O)N1CCC(CCC(NS(=O)(=O)Cc2ccccc2)C(=O)O)CC1. The molecule has 1 saturated heterocycles. The Morgan fingerprint density at radius 3 is 2.32 bits per heavy atom. The van der Waals surface area contributed by atoms with E-state index in [4.69, 9.17) is 0 Å². The highest BCUT2D eigenvalue weighted by atomic mass is 32.2. The predicted octanol–water partition coefficient (Wildman–Crippen LogP) is 2.23. The maximum atomic E-state index is 12.3. The zero-order valence-corrected chi connectivity index (χ0v) is 17.3. The summed E-state index contributed by atoms with van der Waals surface area (Å²) in [6.07, 6.45) is 2.50. The van der Waals surface area contributed by atoms with E-state index in [0.717, 1.165) is 12.8 Å². The second-order valence-electron chi connectivity index (χ2n) is 7.75. The van der Waals surface area contributed by atoms with Crippen LogP contribution in [0.15, 0.2) is 30.3 Å². The molecule has 1 fully saturated rings. The van der Waals surface area contributed by atoms with Crippen molar-refractivity contribution in [2.75, 3.05) is 13.1 Å². The Morgan fingerprint density at radius 1 is 1.18 bits per heavy atom. The van der Waals surface area contributed by atoms with Crippen molar-refractivity contribution in [2.45, 2.75) is 51.3 Å². The van der Waals surface area contributed by atoms with Gasteiger partial charge in [0.15, 0.2) is 0 Å². The minimum Gasteiger partial charge on any atom is -0.480 e. The van der Waals surface area contributed by atoms with E-state index in [1.165, 1.54) is 0 Å². The quantitative estimate of drug-likeness (QED) is 0.650. The second kappa shape index (κ2) is 10.0.